The van der Waals surface area contributed by atoms with E-state index >= 15 is 0 Å². The summed E-state index contributed by atoms with van der Waals surface area (Å²) < 4.78 is 56.0. The Labute approximate surface area is 173 Å². The molecule has 156 valence electrons. The van der Waals surface area contributed by atoms with Crippen molar-refractivity contribution in [2.75, 3.05) is 19.6 Å². The monoisotopic (exact) mass is 434 g/mol. The van der Waals surface area contributed by atoms with Crippen molar-refractivity contribution < 1.29 is 16.8 Å². The molecule has 0 aromatic heterocycles. The van der Waals surface area contributed by atoms with Crippen LogP contribution in [-0.2, 0) is 25.6 Å². The molecule has 8 heteroatoms. The van der Waals surface area contributed by atoms with Gasteiger partial charge in [0.1, 0.15) is 0 Å². The Morgan fingerprint density at radius 3 is 2.38 bits per heavy atom. The predicted molar refractivity (Wildman–Crippen MR) is 111 cm³/mol. The van der Waals surface area contributed by atoms with Gasteiger partial charge < -0.3 is 0 Å². The Balaban J connectivity index is 1.77. The van der Waals surface area contributed by atoms with Gasteiger partial charge in [-0.2, -0.15) is 8.61 Å². The van der Waals surface area contributed by atoms with Crippen molar-refractivity contribution in [3.05, 3.63) is 60.2 Å². The molecule has 1 fully saturated rings. The second-order valence-corrected chi connectivity index (χ2v) is 12.0. The van der Waals surface area contributed by atoms with E-state index in [4.69, 9.17) is 0 Å². The lowest BCUT2D eigenvalue weighted by Crippen LogP contribution is -2.47. The molecule has 0 N–H and O–H groups in total. The minimum Gasteiger partial charge on any atom is -0.207 e. The molecule has 1 spiro atoms. The third-order valence-electron chi connectivity index (χ3n) is 5.94. The highest BCUT2D eigenvalue weighted by atomic mass is 32.2. The van der Waals surface area contributed by atoms with Crippen LogP contribution in [-0.4, -0.2) is 45.1 Å². The Morgan fingerprint density at radius 1 is 1.03 bits per heavy atom. The molecular weight excluding hydrogens is 408 g/mol. The van der Waals surface area contributed by atoms with Crippen LogP contribution in [0, 0.1) is 5.92 Å². The minimum absolute atomic E-state index is 0.137. The van der Waals surface area contributed by atoms with Crippen LogP contribution in [0.3, 0.4) is 0 Å². The van der Waals surface area contributed by atoms with E-state index in [1.807, 2.05) is 12.1 Å². The molecule has 0 radical (unpaired) electrons. The molecule has 1 saturated heterocycles. The van der Waals surface area contributed by atoms with Crippen LogP contribution in [0.4, 0.5) is 0 Å². The zero-order chi connectivity index (χ0) is 20.9. The first-order valence-corrected chi connectivity index (χ1v) is 12.8. The average Bonchev–Trinajstić information content (AvgIpc) is 3.22. The summed E-state index contributed by atoms with van der Waals surface area (Å²) in [6.07, 6.45) is 1.17. The van der Waals surface area contributed by atoms with E-state index in [0.717, 1.165) is 12.0 Å². The number of rotatable bonds is 5. The number of hydrogen-bond donors (Lipinski definition) is 0. The lowest BCUT2D eigenvalue weighted by Gasteiger charge is -2.34. The van der Waals surface area contributed by atoms with Crippen LogP contribution in [0.25, 0.3) is 0 Å². The highest BCUT2D eigenvalue weighted by Crippen LogP contribution is 2.50. The number of sulfonamides is 2. The zero-order valence-corrected chi connectivity index (χ0v) is 18.3. The van der Waals surface area contributed by atoms with Gasteiger partial charge in [0.2, 0.25) is 20.0 Å². The Kier molecular flexibility index (Phi) is 5.09. The summed E-state index contributed by atoms with van der Waals surface area (Å²) >= 11 is 0. The molecule has 2 heterocycles. The lowest BCUT2D eigenvalue weighted by molar-refractivity contribution is 0.202. The van der Waals surface area contributed by atoms with Crippen LogP contribution in [0.2, 0.25) is 0 Å². The maximum atomic E-state index is 13.3. The second kappa shape index (κ2) is 7.19. The summed E-state index contributed by atoms with van der Waals surface area (Å²) in [7, 11) is -7.34. The van der Waals surface area contributed by atoms with Crippen molar-refractivity contribution in [2.45, 2.75) is 42.0 Å². The zero-order valence-electron chi connectivity index (χ0n) is 16.7. The first-order chi connectivity index (χ1) is 13.7. The maximum Gasteiger partial charge on any atom is 0.244 e. The van der Waals surface area contributed by atoms with Crippen molar-refractivity contribution in [1.82, 2.24) is 8.61 Å². The average molecular weight is 435 g/mol. The molecule has 2 aromatic carbocycles. The standard InChI is InChI=1S/C21H26N2O4S2/c1-17(2)12-14-23-21(19-10-6-7-11-20(19)29(23,26)27)13-15-22(16-21)28(24,25)18-8-4-3-5-9-18/h3-11,17H,12-16H2,1-2H3/t21-/m1/s1. The smallest absolute Gasteiger partial charge is 0.207 e. The van der Waals surface area contributed by atoms with Gasteiger partial charge in [0, 0.05) is 19.6 Å². The number of fused-ring (bicyclic) bond motifs is 2. The molecule has 0 aliphatic carbocycles. The summed E-state index contributed by atoms with van der Waals surface area (Å²) in [5, 5.41) is 0. The number of nitrogens with zero attached hydrogens (tertiary/aromatic N) is 2. The predicted octanol–water partition coefficient (Wildman–Crippen LogP) is 3.03. The van der Waals surface area contributed by atoms with E-state index in [9.17, 15) is 16.8 Å². The molecular formula is C21H26N2O4S2. The second-order valence-electron chi connectivity index (χ2n) is 8.19. The van der Waals surface area contributed by atoms with Crippen molar-refractivity contribution in [3.8, 4) is 0 Å². The van der Waals surface area contributed by atoms with Crippen LogP contribution in [0.15, 0.2) is 64.4 Å². The molecule has 2 aliphatic heterocycles. The van der Waals surface area contributed by atoms with Gasteiger partial charge in [0.15, 0.2) is 0 Å². The molecule has 0 saturated carbocycles. The normalized spacial score (nSPS) is 24.4. The van der Waals surface area contributed by atoms with Gasteiger partial charge in [-0.05, 0) is 42.5 Å². The Hall–Kier alpha value is -1.74. The van der Waals surface area contributed by atoms with E-state index in [1.54, 1.807) is 46.8 Å². The van der Waals surface area contributed by atoms with Gasteiger partial charge in [0.05, 0.1) is 15.3 Å². The number of benzene rings is 2. The van der Waals surface area contributed by atoms with E-state index in [0.29, 0.717) is 30.3 Å². The molecule has 0 amide bonds. The third-order valence-corrected chi connectivity index (χ3v) is 9.82. The highest BCUT2D eigenvalue weighted by molar-refractivity contribution is 7.89. The van der Waals surface area contributed by atoms with E-state index in [1.165, 1.54) is 4.31 Å². The van der Waals surface area contributed by atoms with Gasteiger partial charge in [-0.15, -0.1) is 0 Å². The summed E-state index contributed by atoms with van der Waals surface area (Å²) in [5.74, 6) is 0.344. The minimum atomic E-state index is -3.68. The van der Waals surface area contributed by atoms with E-state index < -0.39 is 25.6 Å². The molecule has 1 atom stereocenters. The number of hydrogen-bond acceptors (Lipinski definition) is 4. The first-order valence-electron chi connectivity index (χ1n) is 9.87. The molecule has 0 unspecified atom stereocenters. The SMILES string of the molecule is CC(C)CCN1[C@@]2(CCN(S(=O)(=O)c3ccccc3)C2)c2ccccc2S1(=O)=O. The summed E-state index contributed by atoms with van der Waals surface area (Å²) in [5.41, 5.74) is -0.124. The molecule has 2 aromatic rings. The highest BCUT2D eigenvalue weighted by Gasteiger charge is 2.58. The summed E-state index contributed by atoms with van der Waals surface area (Å²) in [4.78, 5) is 0.544. The van der Waals surface area contributed by atoms with E-state index in [2.05, 4.69) is 13.8 Å². The fourth-order valence-electron chi connectivity index (χ4n) is 4.40. The Morgan fingerprint density at radius 2 is 1.69 bits per heavy atom. The maximum absolute atomic E-state index is 13.3. The van der Waals surface area contributed by atoms with Crippen molar-refractivity contribution in [2.24, 2.45) is 5.92 Å². The lowest BCUT2D eigenvalue weighted by atomic mass is 9.88. The third kappa shape index (κ3) is 3.22. The fraction of sp³-hybridized carbons (Fsp3) is 0.429. The van der Waals surface area contributed by atoms with Crippen LogP contribution >= 0.6 is 0 Å². The molecule has 2 aliphatic rings. The van der Waals surface area contributed by atoms with Crippen molar-refractivity contribution in [3.63, 3.8) is 0 Å². The van der Waals surface area contributed by atoms with Crippen molar-refractivity contribution in [1.29, 1.82) is 0 Å². The molecule has 0 bridgehead atoms. The Bertz CT molecular complexity index is 1110. The molecule has 29 heavy (non-hydrogen) atoms. The van der Waals surface area contributed by atoms with Gasteiger partial charge >= 0.3 is 0 Å². The largest absolute Gasteiger partial charge is 0.244 e. The van der Waals surface area contributed by atoms with E-state index in [-0.39, 0.29) is 11.4 Å². The molecule has 6 nitrogen and oxygen atoms in total. The van der Waals surface area contributed by atoms with Gasteiger partial charge in [-0.1, -0.05) is 50.2 Å². The van der Waals surface area contributed by atoms with Gasteiger partial charge in [-0.25, -0.2) is 16.8 Å². The van der Waals surface area contributed by atoms with Gasteiger partial charge in [-0.3, -0.25) is 0 Å². The van der Waals surface area contributed by atoms with Crippen LogP contribution in [0.5, 0.6) is 0 Å². The molecule has 4 rings (SSSR count). The summed E-state index contributed by atoms with van der Waals surface area (Å²) in [6.45, 7) is 4.93. The topological polar surface area (TPSA) is 74.8 Å². The summed E-state index contributed by atoms with van der Waals surface area (Å²) in [6, 6.07) is 15.4. The van der Waals surface area contributed by atoms with Crippen molar-refractivity contribution >= 4 is 20.0 Å². The first kappa shape index (κ1) is 20.5. The van der Waals surface area contributed by atoms with Crippen LogP contribution < -0.4 is 0 Å². The quantitative estimate of drug-likeness (QED) is 0.725. The fourth-order valence-corrected chi connectivity index (χ4v) is 7.99. The van der Waals surface area contributed by atoms with Gasteiger partial charge in [0.25, 0.3) is 0 Å². The van der Waals surface area contributed by atoms with Crippen LogP contribution in [0.1, 0.15) is 32.3 Å².